The number of carbonyl (C=O) groups is 1. The first-order valence-electron chi connectivity index (χ1n) is 6.32. The molecule has 0 aliphatic rings. The number of aromatic nitrogens is 4. The largest absolute Gasteiger partial charge is 0.289 e. The number of nitrogen functional groups attached to an aromatic ring is 1. The molecule has 4 aromatic rings. The first-order valence-corrected chi connectivity index (χ1v) is 6.32. The van der Waals surface area contributed by atoms with Gasteiger partial charge in [-0.25, -0.2) is 10.8 Å². The Morgan fingerprint density at radius 3 is 2.86 bits per heavy atom. The van der Waals surface area contributed by atoms with Gasteiger partial charge in [-0.1, -0.05) is 30.3 Å². The van der Waals surface area contributed by atoms with Gasteiger partial charge in [0.25, 0.3) is 5.91 Å². The molecule has 0 saturated carbocycles. The molecule has 2 aromatic carbocycles. The Morgan fingerprint density at radius 2 is 2.00 bits per heavy atom. The molecule has 2 heterocycles. The maximum absolute atomic E-state index is 11.7. The van der Waals surface area contributed by atoms with Gasteiger partial charge >= 0.3 is 0 Å². The number of nitrogens with zero attached hydrogens (tertiary/aromatic N) is 4. The van der Waals surface area contributed by atoms with E-state index < -0.39 is 5.91 Å². The quantitative estimate of drug-likeness (QED) is 0.234. The lowest BCUT2D eigenvalue weighted by molar-refractivity contribution is 0.0950. The number of nitrogens with two attached hydrogens (primary N) is 1. The molecule has 4 rings (SSSR count). The van der Waals surface area contributed by atoms with Gasteiger partial charge in [-0.15, -0.1) is 10.2 Å². The summed E-state index contributed by atoms with van der Waals surface area (Å²) in [6.07, 6.45) is 1.55. The van der Waals surface area contributed by atoms with Crippen LogP contribution in [0.4, 0.5) is 0 Å². The average molecular weight is 278 g/mol. The maximum atomic E-state index is 11.7. The number of hydrogen-bond acceptors (Lipinski definition) is 5. The molecule has 0 fully saturated rings. The van der Waals surface area contributed by atoms with Gasteiger partial charge in [0.1, 0.15) is 11.8 Å². The van der Waals surface area contributed by atoms with Gasteiger partial charge in [-0.3, -0.25) is 14.6 Å². The Kier molecular flexibility index (Phi) is 2.36. The lowest BCUT2D eigenvalue weighted by Gasteiger charge is -2.04. The zero-order valence-electron chi connectivity index (χ0n) is 10.8. The molecule has 21 heavy (non-hydrogen) atoms. The third kappa shape index (κ3) is 1.58. The summed E-state index contributed by atoms with van der Waals surface area (Å²) in [6.45, 7) is 0. The van der Waals surface area contributed by atoms with Crippen molar-refractivity contribution in [3.05, 3.63) is 48.4 Å². The van der Waals surface area contributed by atoms with E-state index in [4.69, 9.17) is 5.84 Å². The molecule has 0 radical (unpaired) electrons. The molecule has 0 unspecified atom stereocenters. The SMILES string of the molecule is NNC(=O)c1ncn2c1nnc1c3ccccc3ccc12. The normalized spacial score (nSPS) is 11.3. The molecule has 0 saturated heterocycles. The first-order chi connectivity index (χ1) is 10.3. The van der Waals surface area contributed by atoms with Crippen molar-refractivity contribution in [2.45, 2.75) is 0 Å². The summed E-state index contributed by atoms with van der Waals surface area (Å²) in [5, 5.41) is 10.5. The number of amides is 1. The van der Waals surface area contributed by atoms with Crippen LogP contribution in [0, 0.1) is 0 Å². The number of fused-ring (bicyclic) bond motifs is 5. The van der Waals surface area contributed by atoms with Crippen molar-refractivity contribution in [3.8, 4) is 0 Å². The van der Waals surface area contributed by atoms with Crippen LogP contribution in [0.5, 0.6) is 0 Å². The molecule has 1 amide bonds. The summed E-state index contributed by atoms with van der Waals surface area (Å²) in [6, 6.07) is 11.9. The molecule has 7 nitrogen and oxygen atoms in total. The Bertz CT molecular complexity index is 1010. The molecule has 7 heteroatoms. The highest BCUT2D eigenvalue weighted by Gasteiger charge is 2.16. The van der Waals surface area contributed by atoms with Gasteiger partial charge in [0.15, 0.2) is 11.3 Å². The van der Waals surface area contributed by atoms with Crippen LogP contribution in [-0.2, 0) is 0 Å². The minimum atomic E-state index is -0.494. The molecule has 0 atom stereocenters. The van der Waals surface area contributed by atoms with Crippen molar-refractivity contribution in [2.75, 3.05) is 0 Å². The van der Waals surface area contributed by atoms with Crippen molar-refractivity contribution in [2.24, 2.45) is 5.84 Å². The lowest BCUT2D eigenvalue weighted by Crippen LogP contribution is -2.30. The van der Waals surface area contributed by atoms with Crippen molar-refractivity contribution >= 4 is 33.4 Å². The minimum absolute atomic E-state index is 0.153. The van der Waals surface area contributed by atoms with Gasteiger partial charge in [0, 0.05) is 5.39 Å². The number of hydrazine groups is 1. The minimum Gasteiger partial charge on any atom is -0.289 e. The molecule has 0 aliphatic carbocycles. The molecular weight excluding hydrogens is 268 g/mol. The van der Waals surface area contributed by atoms with Gasteiger partial charge < -0.3 is 0 Å². The van der Waals surface area contributed by atoms with Gasteiger partial charge in [0.2, 0.25) is 0 Å². The van der Waals surface area contributed by atoms with Crippen LogP contribution in [0.1, 0.15) is 10.5 Å². The third-order valence-corrected chi connectivity index (χ3v) is 3.47. The summed E-state index contributed by atoms with van der Waals surface area (Å²) in [5.41, 5.74) is 4.18. The number of rotatable bonds is 1. The summed E-state index contributed by atoms with van der Waals surface area (Å²) in [4.78, 5) is 15.7. The standard InChI is InChI=1S/C14H10N6O/c15-17-14(21)12-13-19-18-11-9-4-2-1-3-8(9)5-6-10(11)20(13)7-16-12/h1-7H,15H2,(H,17,21). The van der Waals surface area contributed by atoms with E-state index in [2.05, 4.69) is 20.6 Å². The molecular formula is C14H10N6O. The summed E-state index contributed by atoms with van der Waals surface area (Å²) >= 11 is 0. The average Bonchev–Trinajstić information content (AvgIpc) is 2.98. The Balaban J connectivity index is 2.13. The molecule has 0 bridgehead atoms. The second-order valence-electron chi connectivity index (χ2n) is 4.61. The fourth-order valence-electron chi connectivity index (χ4n) is 2.48. The van der Waals surface area contributed by atoms with Crippen LogP contribution in [-0.4, -0.2) is 25.5 Å². The van der Waals surface area contributed by atoms with E-state index in [0.717, 1.165) is 21.8 Å². The van der Waals surface area contributed by atoms with E-state index in [1.165, 1.54) is 0 Å². The first kappa shape index (κ1) is 11.7. The molecule has 0 spiro atoms. The number of hydrogen-bond donors (Lipinski definition) is 2. The molecule has 3 N–H and O–H groups in total. The highest BCUT2D eigenvalue weighted by Crippen LogP contribution is 2.24. The number of imidazole rings is 1. The Morgan fingerprint density at radius 1 is 1.14 bits per heavy atom. The smallest absolute Gasteiger partial charge is 0.287 e. The highest BCUT2D eigenvalue weighted by atomic mass is 16.2. The number of nitrogens with one attached hydrogen (secondary N) is 1. The van der Waals surface area contributed by atoms with E-state index in [1.807, 2.05) is 36.4 Å². The van der Waals surface area contributed by atoms with Crippen molar-refractivity contribution < 1.29 is 4.79 Å². The van der Waals surface area contributed by atoms with Crippen LogP contribution in [0.15, 0.2) is 42.7 Å². The predicted molar refractivity (Wildman–Crippen MR) is 77.4 cm³/mol. The van der Waals surface area contributed by atoms with E-state index in [-0.39, 0.29) is 5.69 Å². The van der Waals surface area contributed by atoms with Crippen LogP contribution in [0.2, 0.25) is 0 Å². The monoisotopic (exact) mass is 278 g/mol. The second kappa shape index (κ2) is 4.22. The zero-order chi connectivity index (χ0) is 14.4. The van der Waals surface area contributed by atoms with Crippen molar-refractivity contribution in [1.29, 1.82) is 0 Å². The van der Waals surface area contributed by atoms with Crippen molar-refractivity contribution in [3.63, 3.8) is 0 Å². The molecule has 102 valence electrons. The van der Waals surface area contributed by atoms with Gasteiger partial charge in [0.05, 0.1) is 5.52 Å². The number of carbonyl (C=O) groups excluding carboxylic acids is 1. The predicted octanol–water partition coefficient (Wildman–Crippen LogP) is 1.03. The van der Waals surface area contributed by atoms with Crippen LogP contribution in [0.3, 0.4) is 0 Å². The molecule has 0 aliphatic heterocycles. The highest BCUT2D eigenvalue weighted by molar-refractivity contribution is 6.05. The lowest BCUT2D eigenvalue weighted by atomic mass is 10.1. The maximum Gasteiger partial charge on any atom is 0.287 e. The number of benzene rings is 2. The zero-order valence-corrected chi connectivity index (χ0v) is 10.8. The van der Waals surface area contributed by atoms with Crippen LogP contribution < -0.4 is 11.3 Å². The fourth-order valence-corrected chi connectivity index (χ4v) is 2.48. The van der Waals surface area contributed by atoms with Crippen molar-refractivity contribution in [1.82, 2.24) is 25.0 Å². The Labute approximate surface area is 118 Å². The van der Waals surface area contributed by atoms with E-state index >= 15 is 0 Å². The third-order valence-electron chi connectivity index (χ3n) is 3.47. The second-order valence-corrected chi connectivity index (χ2v) is 4.61. The van der Waals surface area contributed by atoms with Gasteiger partial charge in [-0.05, 0) is 11.5 Å². The van der Waals surface area contributed by atoms with E-state index in [1.54, 1.807) is 10.7 Å². The molecule has 2 aromatic heterocycles. The Hall–Kier alpha value is -3.06. The fraction of sp³-hybridized carbons (Fsp3) is 0. The van der Waals surface area contributed by atoms with Crippen LogP contribution >= 0.6 is 0 Å². The van der Waals surface area contributed by atoms with Gasteiger partial charge in [-0.2, -0.15) is 0 Å². The van der Waals surface area contributed by atoms with E-state index in [9.17, 15) is 4.79 Å². The van der Waals surface area contributed by atoms with Crippen LogP contribution in [0.25, 0.3) is 27.5 Å². The van der Waals surface area contributed by atoms with E-state index in [0.29, 0.717) is 5.65 Å². The summed E-state index contributed by atoms with van der Waals surface area (Å²) in [7, 11) is 0. The summed E-state index contributed by atoms with van der Waals surface area (Å²) in [5.74, 6) is 4.65. The topological polar surface area (TPSA) is 98.2 Å². The summed E-state index contributed by atoms with van der Waals surface area (Å²) < 4.78 is 1.74.